The monoisotopic (exact) mass is 278 g/mol. The minimum Gasteiger partial charge on any atom is -0.464 e. The van der Waals surface area contributed by atoms with Crippen LogP contribution in [0.15, 0.2) is 27.3 Å². The smallest absolute Gasteiger partial charge is 0.140 e. The Morgan fingerprint density at radius 3 is 2.91 bits per heavy atom. The normalized spacial score (nSPS) is 11.1. The van der Waals surface area contributed by atoms with Gasteiger partial charge in [-0.2, -0.15) is 0 Å². The summed E-state index contributed by atoms with van der Waals surface area (Å²) in [5.41, 5.74) is 0. The highest BCUT2D eigenvalue weighted by molar-refractivity contribution is 9.10. The van der Waals surface area contributed by atoms with Crippen LogP contribution in [-0.4, -0.2) is 5.33 Å². The van der Waals surface area contributed by atoms with Gasteiger partial charge in [0.05, 0.1) is 10.7 Å². The molecule has 0 aromatic carbocycles. The number of rotatable bonds is 3. The maximum atomic E-state index is 5.16. The SMILES string of the molecule is BrCCC=Cc1occc1Br. The van der Waals surface area contributed by atoms with Crippen molar-refractivity contribution in [1.29, 1.82) is 0 Å². The Labute approximate surface area is 82.7 Å². The van der Waals surface area contributed by atoms with E-state index in [4.69, 9.17) is 4.42 Å². The minimum atomic E-state index is 0.881. The second-order valence-corrected chi connectivity index (χ2v) is 3.66. The largest absolute Gasteiger partial charge is 0.464 e. The van der Waals surface area contributed by atoms with Crippen molar-refractivity contribution in [3.63, 3.8) is 0 Å². The van der Waals surface area contributed by atoms with E-state index in [9.17, 15) is 0 Å². The molecule has 60 valence electrons. The standard InChI is InChI=1S/C8H8Br2O/c9-5-2-1-3-8-7(10)4-6-11-8/h1,3-4,6H,2,5H2. The van der Waals surface area contributed by atoms with Gasteiger partial charge in [-0.3, -0.25) is 0 Å². The highest BCUT2D eigenvalue weighted by Crippen LogP contribution is 2.18. The van der Waals surface area contributed by atoms with Gasteiger partial charge in [-0.1, -0.05) is 22.0 Å². The van der Waals surface area contributed by atoms with Crippen molar-refractivity contribution < 1.29 is 4.42 Å². The Morgan fingerprint density at radius 1 is 1.55 bits per heavy atom. The molecule has 0 atom stereocenters. The van der Waals surface area contributed by atoms with E-state index in [1.165, 1.54) is 0 Å². The topological polar surface area (TPSA) is 13.1 Å². The van der Waals surface area contributed by atoms with Crippen LogP contribution in [0.4, 0.5) is 0 Å². The number of allylic oxidation sites excluding steroid dienone is 1. The summed E-state index contributed by atoms with van der Waals surface area (Å²) < 4.78 is 6.16. The first-order valence-corrected chi connectivity index (χ1v) is 5.21. The molecule has 0 bridgehead atoms. The summed E-state index contributed by atoms with van der Waals surface area (Å²) in [6, 6.07) is 1.88. The highest BCUT2D eigenvalue weighted by Gasteiger charge is 1.96. The number of hydrogen-bond donors (Lipinski definition) is 0. The summed E-state index contributed by atoms with van der Waals surface area (Å²) >= 11 is 6.70. The molecular formula is C8H8Br2O. The van der Waals surface area contributed by atoms with Crippen molar-refractivity contribution in [2.75, 3.05) is 5.33 Å². The first kappa shape index (κ1) is 9.07. The van der Waals surface area contributed by atoms with E-state index in [1.807, 2.05) is 12.1 Å². The zero-order chi connectivity index (χ0) is 8.10. The lowest BCUT2D eigenvalue weighted by atomic mass is 10.3. The fraction of sp³-hybridized carbons (Fsp3) is 0.250. The summed E-state index contributed by atoms with van der Waals surface area (Å²) in [7, 11) is 0. The predicted molar refractivity (Wildman–Crippen MR) is 53.9 cm³/mol. The molecule has 1 heterocycles. The first-order chi connectivity index (χ1) is 5.34. The molecule has 11 heavy (non-hydrogen) atoms. The molecule has 1 nitrogen and oxygen atoms in total. The van der Waals surface area contributed by atoms with Gasteiger partial charge in [0.1, 0.15) is 5.76 Å². The molecule has 0 aliphatic rings. The Balaban J connectivity index is 2.56. The molecule has 0 saturated heterocycles. The van der Waals surface area contributed by atoms with Gasteiger partial charge in [0.2, 0.25) is 0 Å². The van der Waals surface area contributed by atoms with Crippen molar-refractivity contribution >= 4 is 37.9 Å². The number of halogens is 2. The fourth-order valence-electron chi connectivity index (χ4n) is 0.678. The number of hydrogen-bond acceptors (Lipinski definition) is 1. The summed E-state index contributed by atoms with van der Waals surface area (Å²) in [5, 5.41) is 0.988. The molecule has 1 aromatic heterocycles. The molecule has 0 saturated carbocycles. The maximum absolute atomic E-state index is 5.16. The van der Waals surface area contributed by atoms with Gasteiger partial charge in [0, 0.05) is 5.33 Å². The van der Waals surface area contributed by atoms with Crippen molar-refractivity contribution in [1.82, 2.24) is 0 Å². The van der Waals surface area contributed by atoms with Gasteiger partial charge in [0.15, 0.2) is 0 Å². The quantitative estimate of drug-likeness (QED) is 0.767. The van der Waals surface area contributed by atoms with Crippen LogP contribution in [0.5, 0.6) is 0 Å². The Kier molecular flexibility index (Phi) is 3.94. The zero-order valence-corrected chi connectivity index (χ0v) is 9.06. The highest BCUT2D eigenvalue weighted by atomic mass is 79.9. The molecule has 0 amide bonds. The van der Waals surface area contributed by atoms with Gasteiger partial charge in [-0.05, 0) is 34.5 Å². The third-order valence-corrected chi connectivity index (χ3v) is 2.30. The Morgan fingerprint density at radius 2 is 2.36 bits per heavy atom. The number of furan rings is 1. The summed E-state index contributed by atoms with van der Waals surface area (Å²) in [6.07, 6.45) is 6.72. The molecule has 1 aromatic rings. The van der Waals surface area contributed by atoms with Crippen LogP contribution in [0.25, 0.3) is 6.08 Å². The van der Waals surface area contributed by atoms with E-state index in [0.29, 0.717) is 0 Å². The van der Waals surface area contributed by atoms with Crippen LogP contribution in [0.3, 0.4) is 0 Å². The third kappa shape index (κ3) is 2.83. The molecule has 3 heteroatoms. The third-order valence-electron chi connectivity index (χ3n) is 1.19. The van der Waals surface area contributed by atoms with Crippen LogP contribution in [-0.2, 0) is 0 Å². The average Bonchev–Trinajstić information content (AvgIpc) is 2.37. The summed E-state index contributed by atoms with van der Waals surface area (Å²) in [5.74, 6) is 0.881. The summed E-state index contributed by atoms with van der Waals surface area (Å²) in [4.78, 5) is 0. The van der Waals surface area contributed by atoms with Crippen LogP contribution in [0, 0.1) is 0 Å². The lowest BCUT2D eigenvalue weighted by Gasteiger charge is -1.85. The average molecular weight is 280 g/mol. The van der Waals surface area contributed by atoms with Crippen LogP contribution in [0.2, 0.25) is 0 Å². The van der Waals surface area contributed by atoms with Crippen molar-refractivity contribution in [3.05, 3.63) is 28.6 Å². The van der Waals surface area contributed by atoms with Crippen molar-refractivity contribution in [2.45, 2.75) is 6.42 Å². The molecule has 0 fully saturated rings. The Bertz CT molecular complexity index is 240. The van der Waals surface area contributed by atoms with Crippen LogP contribution in [0.1, 0.15) is 12.2 Å². The molecule has 0 N–H and O–H groups in total. The van der Waals surface area contributed by atoms with Crippen LogP contribution < -0.4 is 0 Å². The lowest BCUT2D eigenvalue weighted by Crippen LogP contribution is -1.67. The van der Waals surface area contributed by atoms with Gasteiger partial charge in [-0.15, -0.1) is 0 Å². The van der Waals surface area contributed by atoms with E-state index in [-0.39, 0.29) is 0 Å². The molecular weight excluding hydrogens is 272 g/mol. The minimum absolute atomic E-state index is 0.881. The molecule has 0 radical (unpaired) electrons. The first-order valence-electron chi connectivity index (χ1n) is 3.30. The summed E-state index contributed by atoms with van der Waals surface area (Å²) in [6.45, 7) is 0. The number of alkyl halides is 1. The Hall–Kier alpha value is -0.0200. The van der Waals surface area contributed by atoms with E-state index in [0.717, 1.165) is 22.0 Å². The van der Waals surface area contributed by atoms with E-state index >= 15 is 0 Å². The molecule has 0 aliphatic heterocycles. The van der Waals surface area contributed by atoms with Gasteiger partial charge >= 0.3 is 0 Å². The van der Waals surface area contributed by atoms with E-state index in [2.05, 4.69) is 37.9 Å². The molecule has 1 rings (SSSR count). The predicted octanol–water partition coefficient (Wildman–Crippen LogP) is 3.84. The fourth-order valence-corrected chi connectivity index (χ4v) is 1.28. The van der Waals surface area contributed by atoms with Crippen molar-refractivity contribution in [2.24, 2.45) is 0 Å². The maximum Gasteiger partial charge on any atom is 0.140 e. The van der Waals surface area contributed by atoms with Crippen molar-refractivity contribution in [3.8, 4) is 0 Å². The van der Waals surface area contributed by atoms with Gasteiger partial charge in [0.25, 0.3) is 0 Å². The molecule has 0 aliphatic carbocycles. The van der Waals surface area contributed by atoms with E-state index < -0.39 is 0 Å². The second kappa shape index (κ2) is 4.78. The second-order valence-electron chi connectivity index (χ2n) is 2.01. The molecule has 0 spiro atoms. The lowest BCUT2D eigenvalue weighted by molar-refractivity contribution is 0.555. The zero-order valence-electron chi connectivity index (χ0n) is 5.89. The molecule has 0 unspecified atom stereocenters. The van der Waals surface area contributed by atoms with E-state index in [1.54, 1.807) is 6.26 Å². The van der Waals surface area contributed by atoms with Crippen LogP contribution >= 0.6 is 31.9 Å². The van der Waals surface area contributed by atoms with Gasteiger partial charge < -0.3 is 4.42 Å². The van der Waals surface area contributed by atoms with Gasteiger partial charge in [-0.25, -0.2) is 0 Å².